The summed E-state index contributed by atoms with van der Waals surface area (Å²) in [7, 11) is 2.01. The minimum absolute atomic E-state index is 0.105. The van der Waals surface area contributed by atoms with Crippen LogP contribution in [0.5, 0.6) is 0 Å². The Bertz CT molecular complexity index is 472. The predicted molar refractivity (Wildman–Crippen MR) is 66.8 cm³/mol. The first-order valence-corrected chi connectivity index (χ1v) is 6.04. The van der Waals surface area contributed by atoms with Gasteiger partial charge in [-0.25, -0.2) is 4.98 Å². The second kappa shape index (κ2) is 5.19. The number of rotatable bonds is 5. The third kappa shape index (κ3) is 2.26. The lowest BCUT2D eigenvalue weighted by molar-refractivity contribution is 0.496. The lowest BCUT2D eigenvalue weighted by Gasteiger charge is -2.17. The molecule has 0 spiro atoms. The zero-order valence-corrected chi connectivity index (χ0v) is 10.6. The molecular weight excluding hydrogens is 214 g/mol. The van der Waals surface area contributed by atoms with E-state index in [9.17, 15) is 0 Å². The molecule has 0 aliphatic heterocycles. The van der Waals surface area contributed by atoms with E-state index in [4.69, 9.17) is 4.42 Å². The zero-order valence-electron chi connectivity index (χ0n) is 10.6. The minimum atomic E-state index is 0.105. The maximum absolute atomic E-state index is 5.50. The van der Waals surface area contributed by atoms with Crippen molar-refractivity contribution in [3.63, 3.8) is 0 Å². The normalized spacial score (nSPS) is 12.9. The molecule has 2 aromatic heterocycles. The van der Waals surface area contributed by atoms with Crippen LogP contribution in [0.3, 0.4) is 0 Å². The van der Waals surface area contributed by atoms with E-state index in [1.807, 2.05) is 30.1 Å². The summed E-state index contributed by atoms with van der Waals surface area (Å²) in [6.45, 7) is 5.09. The molecule has 1 atom stereocenters. The Labute approximate surface area is 102 Å². The molecular formula is C13H19N3O. The molecule has 2 aromatic rings. The molecule has 0 aliphatic rings. The van der Waals surface area contributed by atoms with Gasteiger partial charge in [-0.3, -0.25) is 0 Å². The molecule has 0 saturated heterocycles. The first-order valence-electron chi connectivity index (χ1n) is 6.04. The Morgan fingerprint density at radius 3 is 2.88 bits per heavy atom. The molecule has 0 bridgehead atoms. The molecule has 0 saturated carbocycles. The fourth-order valence-electron chi connectivity index (χ4n) is 2.09. The van der Waals surface area contributed by atoms with Gasteiger partial charge in [-0.2, -0.15) is 0 Å². The summed E-state index contributed by atoms with van der Waals surface area (Å²) in [5.41, 5.74) is 1.18. The van der Waals surface area contributed by atoms with Crippen molar-refractivity contribution in [2.24, 2.45) is 7.05 Å². The van der Waals surface area contributed by atoms with Gasteiger partial charge in [-0.1, -0.05) is 13.8 Å². The number of aryl methyl sites for hydroxylation is 2. The average Bonchev–Trinajstić information content (AvgIpc) is 2.94. The van der Waals surface area contributed by atoms with Crippen molar-refractivity contribution in [2.45, 2.75) is 26.3 Å². The Morgan fingerprint density at radius 1 is 1.47 bits per heavy atom. The third-order valence-corrected chi connectivity index (χ3v) is 2.94. The quantitative estimate of drug-likeness (QED) is 0.861. The molecule has 17 heavy (non-hydrogen) atoms. The summed E-state index contributed by atoms with van der Waals surface area (Å²) in [5, 5.41) is 3.46. The van der Waals surface area contributed by atoms with Crippen molar-refractivity contribution in [1.29, 1.82) is 0 Å². The summed E-state index contributed by atoms with van der Waals surface area (Å²) in [6.07, 6.45) is 6.44. The minimum Gasteiger partial charge on any atom is -0.469 e. The van der Waals surface area contributed by atoms with Crippen molar-refractivity contribution in [3.05, 3.63) is 41.9 Å². The first kappa shape index (κ1) is 11.9. The van der Waals surface area contributed by atoms with Gasteiger partial charge >= 0.3 is 0 Å². The van der Waals surface area contributed by atoms with Crippen LogP contribution in [0.2, 0.25) is 0 Å². The SMILES string of the molecule is CCNC(c1ccoc1CC)c1nccn1C. The molecule has 4 nitrogen and oxygen atoms in total. The highest BCUT2D eigenvalue weighted by Crippen LogP contribution is 2.25. The molecule has 0 fully saturated rings. The Balaban J connectivity index is 2.39. The van der Waals surface area contributed by atoms with Gasteiger partial charge in [0, 0.05) is 31.4 Å². The number of nitrogens with zero attached hydrogens (tertiary/aromatic N) is 2. The zero-order chi connectivity index (χ0) is 12.3. The molecule has 92 valence electrons. The predicted octanol–water partition coefficient (Wildman–Crippen LogP) is 2.27. The average molecular weight is 233 g/mol. The van der Waals surface area contributed by atoms with Gasteiger partial charge in [-0.05, 0) is 12.6 Å². The molecule has 2 heterocycles. The highest BCUT2D eigenvalue weighted by atomic mass is 16.3. The van der Waals surface area contributed by atoms with Crippen LogP contribution in [-0.4, -0.2) is 16.1 Å². The maximum atomic E-state index is 5.50. The van der Waals surface area contributed by atoms with E-state index in [2.05, 4.69) is 24.1 Å². The van der Waals surface area contributed by atoms with Crippen molar-refractivity contribution in [3.8, 4) is 0 Å². The van der Waals surface area contributed by atoms with Gasteiger partial charge in [0.15, 0.2) is 0 Å². The van der Waals surface area contributed by atoms with Gasteiger partial charge in [0.2, 0.25) is 0 Å². The molecule has 0 amide bonds. The van der Waals surface area contributed by atoms with Gasteiger partial charge in [0.05, 0.1) is 12.3 Å². The summed E-state index contributed by atoms with van der Waals surface area (Å²) in [6, 6.07) is 2.13. The Morgan fingerprint density at radius 2 is 2.29 bits per heavy atom. The van der Waals surface area contributed by atoms with E-state index in [-0.39, 0.29) is 6.04 Å². The van der Waals surface area contributed by atoms with Gasteiger partial charge in [0.1, 0.15) is 11.6 Å². The van der Waals surface area contributed by atoms with E-state index < -0.39 is 0 Å². The Kier molecular flexibility index (Phi) is 3.64. The van der Waals surface area contributed by atoms with Crippen LogP contribution in [0.4, 0.5) is 0 Å². The Hall–Kier alpha value is -1.55. The van der Waals surface area contributed by atoms with E-state index >= 15 is 0 Å². The van der Waals surface area contributed by atoms with Gasteiger partial charge in [0.25, 0.3) is 0 Å². The van der Waals surface area contributed by atoms with E-state index in [1.54, 1.807) is 6.26 Å². The molecule has 1 unspecified atom stereocenters. The number of imidazole rings is 1. The van der Waals surface area contributed by atoms with E-state index in [0.29, 0.717) is 0 Å². The molecule has 0 aromatic carbocycles. The summed E-state index contributed by atoms with van der Waals surface area (Å²) in [5.74, 6) is 2.04. The topological polar surface area (TPSA) is 43.0 Å². The second-order valence-corrected chi connectivity index (χ2v) is 4.04. The molecule has 0 aliphatic carbocycles. The number of furan rings is 1. The van der Waals surface area contributed by atoms with Crippen LogP contribution in [0.25, 0.3) is 0 Å². The van der Waals surface area contributed by atoms with Crippen LogP contribution < -0.4 is 5.32 Å². The smallest absolute Gasteiger partial charge is 0.130 e. The van der Waals surface area contributed by atoms with Crippen molar-refractivity contribution >= 4 is 0 Å². The standard InChI is InChI=1S/C13H19N3O/c1-4-11-10(6-9-17-11)12(14-5-2)13-15-7-8-16(13)3/h6-9,12,14H,4-5H2,1-3H3. The van der Waals surface area contributed by atoms with Crippen LogP contribution in [0, 0.1) is 0 Å². The fraction of sp³-hybridized carbons (Fsp3) is 0.462. The summed E-state index contributed by atoms with van der Waals surface area (Å²) < 4.78 is 7.54. The molecule has 0 radical (unpaired) electrons. The number of nitrogens with one attached hydrogen (secondary N) is 1. The highest BCUT2D eigenvalue weighted by molar-refractivity contribution is 5.27. The maximum Gasteiger partial charge on any atom is 0.130 e. The van der Waals surface area contributed by atoms with Gasteiger partial charge < -0.3 is 14.3 Å². The third-order valence-electron chi connectivity index (χ3n) is 2.94. The van der Waals surface area contributed by atoms with Crippen molar-refractivity contribution < 1.29 is 4.42 Å². The second-order valence-electron chi connectivity index (χ2n) is 4.04. The highest BCUT2D eigenvalue weighted by Gasteiger charge is 2.21. The van der Waals surface area contributed by atoms with E-state index in [0.717, 1.165) is 24.6 Å². The van der Waals surface area contributed by atoms with Crippen LogP contribution in [0.15, 0.2) is 29.1 Å². The molecule has 1 N–H and O–H groups in total. The van der Waals surface area contributed by atoms with E-state index in [1.165, 1.54) is 5.56 Å². The largest absolute Gasteiger partial charge is 0.469 e. The van der Waals surface area contributed by atoms with Crippen LogP contribution >= 0.6 is 0 Å². The summed E-state index contributed by atoms with van der Waals surface area (Å²) in [4.78, 5) is 4.42. The number of hydrogen-bond donors (Lipinski definition) is 1. The van der Waals surface area contributed by atoms with Crippen molar-refractivity contribution in [2.75, 3.05) is 6.54 Å². The molecule has 2 rings (SSSR count). The molecule has 4 heteroatoms. The monoisotopic (exact) mass is 233 g/mol. The van der Waals surface area contributed by atoms with Gasteiger partial charge in [-0.15, -0.1) is 0 Å². The first-order chi connectivity index (χ1) is 8.27. The fourth-order valence-corrected chi connectivity index (χ4v) is 2.09. The lowest BCUT2D eigenvalue weighted by Crippen LogP contribution is -2.25. The van der Waals surface area contributed by atoms with Crippen molar-refractivity contribution in [1.82, 2.24) is 14.9 Å². The number of hydrogen-bond acceptors (Lipinski definition) is 3. The van der Waals surface area contributed by atoms with Crippen LogP contribution in [0.1, 0.15) is 37.0 Å². The summed E-state index contributed by atoms with van der Waals surface area (Å²) >= 11 is 0. The van der Waals surface area contributed by atoms with Crippen LogP contribution in [-0.2, 0) is 13.5 Å². The lowest BCUT2D eigenvalue weighted by atomic mass is 10.1. The number of aromatic nitrogens is 2.